The second-order valence-electron chi connectivity index (χ2n) is 4.72. The van der Waals surface area contributed by atoms with Crippen LogP contribution in [-0.4, -0.2) is 6.04 Å². The van der Waals surface area contributed by atoms with Crippen LogP contribution in [0.2, 0.25) is 0 Å². The molecule has 0 radical (unpaired) electrons. The molecule has 1 aliphatic carbocycles. The lowest BCUT2D eigenvalue weighted by atomic mass is 10.0. The van der Waals surface area contributed by atoms with Crippen molar-refractivity contribution in [3.63, 3.8) is 0 Å². The molecule has 0 saturated heterocycles. The Morgan fingerprint density at radius 1 is 1.50 bits per heavy atom. The standard InChI is InChI=1S/C12H19NS/c1-8(2)12(11-5-4-6-14-11)13-10-7-9(10)3/h4-6,8-10,12-13H,7H2,1-3H3. The topological polar surface area (TPSA) is 12.0 Å². The molecule has 1 aromatic heterocycles. The fourth-order valence-corrected chi connectivity index (χ4v) is 2.81. The monoisotopic (exact) mass is 209 g/mol. The molecule has 0 bridgehead atoms. The Bertz CT molecular complexity index is 279. The zero-order chi connectivity index (χ0) is 10.1. The Morgan fingerprint density at radius 2 is 2.21 bits per heavy atom. The van der Waals surface area contributed by atoms with E-state index in [1.54, 1.807) is 0 Å². The van der Waals surface area contributed by atoms with Crippen molar-refractivity contribution in [2.75, 3.05) is 0 Å². The van der Waals surface area contributed by atoms with Gasteiger partial charge in [0.05, 0.1) is 0 Å². The van der Waals surface area contributed by atoms with Gasteiger partial charge in [-0.2, -0.15) is 0 Å². The minimum atomic E-state index is 0.560. The summed E-state index contributed by atoms with van der Waals surface area (Å²) >= 11 is 1.87. The van der Waals surface area contributed by atoms with Gasteiger partial charge >= 0.3 is 0 Å². The third kappa shape index (κ3) is 2.18. The number of rotatable bonds is 4. The molecular weight excluding hydrogens is 190 g/mol. The maximum atomic E-state index is 3.75. The van der Waals surface area contributed by atoms with Crippen LogP contribution in [0.25, 0.3) is 0 Å². The Hall–Kier alpha value is -0.340. The minimum absolute atomic E-state index is 0.560. The highest BCUT2D eigenvalue weighted by molar-refractivity contribution is 7.10. The van der Waals surface area contributed by atoms with Crippen molar-refractivity contribution in [1.82, 2.24) is 5.32 Å². The fraction of sp³-hybridized carbons (Fsp3) is 0.667. The van der Waals surface area contributed by atoms with Crippen molar-refractivity contribution >= 4 is 11.3 Å². The first-order valence-corrected chi connectivity index (χ1v) is 6.36. The molecule has 3 atom stereocenters. The van der Waals surface area contributed by atoms with Gasteiger partial charge in [0.2, 0.25) is 0 Å². The quantitative estimate of drug-likeness (QED) is 0.801. The van der Waals surface area contributed by atoms with Crippen LogP contribution in [0.5, 0.6) is 0 Å². The molecule has 0 spiro atoms. The highest BCUT2D eigenvalue weighted by Gasteiger charge is 2.35. The van der Waals surface area contributed by atoms with Crippen LogP contribution in [0, 0.1) is 11.8 Å². The van der Waals surface area contributed by atoms with E-state index in [2.05, 4.69) is 43.6 Å². The summed E-state index contributed by atoms with van der Waals surface area (Å²) in [5.41, 5.74) is 0. The van der Waals surface area contributed by atoms with Crippen LogP contribution in [0.1, 0.15) is 38.1 Å². The third-order valence-corrected chi connectivity index (χ3v) is 3.97. The molecule has 2 rings (SSSR count). The second-order valence-corrected chi connectivity index (χ2v) is 5.70. The maximum Gasteiger partial charge on any atom is 0.0440 e. The number of hydrogen-bond donors (Lipinski definition) is 1. The lowest BCUT2D eigenvalue weighted by molar-refractivity contribution is 0.408. The van der Waals surface area contributed by atoms with Crippen LogP contribution < -0.4 is 5.32 Å². The summed E-state index contributed by atoms with van der Waals surface area (Å²) in [4.78, 5) is 1.49. The summed E-state index contributed by atoms with van der Waals surface area (Å²) in [6.07, 6.45) is 1.36. The molecule has 0 aliphatic heterocycles. The predicted octanol–water partition coefficient (Wildman–Crippen LogP) is 3.44. The zero-order valence-electron chi connectivity index (χ0n) is 9.16. The molecule has 1 aromatic rings. The summed E-state index contributed by atoms with van der Waals surface area (Å²) in [5.74, 6) is 1.57. The SMILES string of the molecule is CC(C)C(NC1CC1C)c1cccs1. The van der Waals surface area contributed by atoms with E-state index in [9.17, 15) is 0 Å². The van der Waals surface area contributed by atoms with Gasteiger partial charge < -0.3 is 5.32 Å². The molecule has 78 valence electrons. The Balaban J connectivity index is 2.01. The highest BCUT2D eigenvalue weighted by Crippen LogP contribution is 2.35. The summed E-state index contributed by atoms with van der Waals surface area (Å²) in [6, 6.07) is 5.72. The second kappa shape index (κ2) is 4.03. The first-order chi connectivity index (χ1) is 6.68. The summed E-state index contributed by atoms with van der Waals surface area (Å²) < 4.78 is 0. The van der Waals surface area contributed by atoms with Gasteiger partial charge in [0.15, 0.2) is 0 Å². The average molecular weight is 209 g/mol. The number of hydrogen-bond acceptors (Lipinski definition) is 2. The van der Waals surface area contributed by atoms with Crippen LogP contribution in [0.3, 0.4) is 0 Å². The summed E-state index contributed by atoms with van der Waals surface area (Å²) in [5, 5.41) is 5.92. The van der Waals surface area contributed by atoms with Crippen LogP contribution in [0.15, 0.2) is 17.5 Å². The molecule has 1 N–H and O–H groups in total. The van der Waals surface area contributed by atoms with Crippen molar-refractivity contribution in [1.29, 1.82) is 0 Å². The predicted molar refractivity (Wildman–Crippen MR) is 62.6 cm³/mol. The van der Waals surface area contributed by atoms with Gasteiger partial charge in [-0.25, -0.2) is 0 Å². The largest absolute Gasteiger partial charge is 0.306 e. The van der Waals surface area contributed by atoms with Gasteiger partial charge in [0.1, 0.15) is 0 Å². The van der Waals surface area contributed by atoms with Crippen molar-refractivity contribution in [2.45, 2.75) is 39.3 Å². The lowest BCUT2D eigenvalue weighted by Crippen LogP contribution is -2.27. The van der Waals surface area contributed by atoms with Crippen LogP contribution in [-0.2, 0) is 0 Å². The smallest absolute Gasteiger partial charge is 0.0440 e. The Morgan fingerprint density at radius 3 is 2.64 bits per heavy atom. The van der Waals surface area contributed by atoms with Crippen LogP contribution in [0.4, 0.5) is 0 Å². The molecule has 1 saturated carbocycles. The number of nitrogens with one attached hydrogen (secondary N) is 1. The van der Waals surface area contributed by atoms with Crippen molar-refractivity contribution in [3.8, 4) is 0 Å². The highest BCUT2D eigenvalue weighted by atomic mass is 32.1. The summed E-state index contributed by atoms with van der Waals surface area (Å²) in [6.45, 7) is 6.92. The van der Waals surface area contributed by atoms with E-state index in [4.69, 9.17) is 0 Å². The van der Waals surface area contributed by atoms with E-state index in [1.165, 1.54) is 11.3 Å². The molecule has 0 aromatic carbocycles. The van der Waals surface area contributed by atoms with Gasteiger partial charge in [0.25, 0.3) is 0 Å². The summed E-state index contributed by atoms with van der Waals surface area (Å²) in [7, 11) is 0. The van der Waals surface area contributed by atoms with E-state index in [-0.39, 0.29) is 0 Å². The van der Waals surface area contributed by atoms with Crippen molar-refractivity contribution in [3.05, 3.63) is 22.4 Å². The van der Waals surface area contributed by atoms with Gasteiger partial charge in [-0.15, -0.1) is 11.3 Å². The molecular formula is C12H19NS. The molecule has 3 unspecified atom stereocenters. The molecule has 1 heterocycles. The van der Waals surface area contributed by atoms with E-state index in [0.29, 0.717) is 12.0 Å². The van der Waals surface area contributed by atoms with E-state index in [1.807, 2.05) is 11.3 Å². The van der Waals surface area contributed by atoms with Gasteiger partial charge in [0, 0.05) is 17.0 Å². The zero-order valence-corrected chi connectivity index (χ0v) is 9.97. The minimum Gasteiger partial charge on any atom is -0.306 e. The fourth-order valence-electron chi connectivity index (χ4n) is 1.86. The maximum absolute atomic E-state index is 3.75. The molecule has 14 heavy (non-hydrogen) atoms. The molecule has 2 heteroatoms. The van der Waals surface area contributed by atoms with E-state index >= 15 is 0 Å². The van der Waals surface area contributed by atoms with E-state index in [0.717, 1.165) is 12.0 Å². The lowest BCUT2D eigenvalue weighted by Gasteiger charge is -2.21. The first-order valence-electron chi connectivity index (χ1n) is 5.48. The van der Waals surface area contributed by atoms with Gasteiger partial charge in [-0.3, -0.25) is 0 Å². The van der Waals surface area contributed by atoms with E-state index < -0.39 is 0 Å². The van der Waals surface area contributed by atoms with Crippen molar-refractivity contribution < 1.29 is 0 Å². The first kappa shape index (κ1) is 10.2. The van der Waals surface area contributed by atoms with Gasteiger partial charge in [-0.05, 0) is 29.7 Å². The van der Waals surface area contributed by atoms with Crippen molar-refractivity contribution in [2.24, 2.45) is 11.8 Å². The van der Waals surface area contributed by atoms with Crippen LogP contribution >= 0.6 is 11.3 Å². The normalized spacial score (nSPS) is 28.0. The molecule has 1 nitrogen and oxygen atoms in total. The molecule has 1 fully saturated rings. The third-order valence-electron chi connectivity index (χ3n) is 3.02. The number of thiophene rings is 1. The molecule has 0 amide bonds. The Labute approximate surface area is 90.5 Å². The average Bonchev–Trinajstić information content (AvgIpc) is 2.68. The van der Waals surface area contributed by atoms with Gasteiger partial charge in [-0.1, -0.05) is 26.8 Å². The molecule has 1 aliphatic rings. The Kier molecular flexibility index (Phi) is 2.93.